The lowest BCUT2D eigenvalue weighted by Gasteiger charge is -2.38. The van der Waals surface area contributed by atoms with Gasteiger partial charge in [0.05, 0.1) is 0 Å². The van der Waals surface area contributed by atoms with Crippen LogP contribution in [0, 0.1) is 24.7 Å². The summed E-state index contributed by atoms with van der Waals surface area (Å²) < 4.78 is 5.69. The molecule has 0 spiro atoms. The quantitative estimate of drug-likeness (QED) is 0.860. The van der Waals surface area contributed by atoms with Crippen LogP contribution in [0.5, 0.6) is 0 Å². The summed E-state index contributed by atoms with van der Waals surface area (Å²) in [5, 5.41) is 6.71. The van der Waals surface area contributed by atoms with E-state index in [-0.39, 0.29) is 18.5 Å². The lowest BCUT2D eigenvalue weighted by atomic mass is 9.73. The minimum absolute atomic E-state index is 0.0327. The molecular weight excluding hydrogens is 254 g/mol. The normalized spacial score (nSPS) is 30.2. The molecular formula is C15H25N3O2. The van der Waals surface area contributed by atoms with Crippen molar-refractivity contribution in [3.8, 4) is 0 Å². The van der Waals surface area contributed by atoms with Crippen molar-refractivity contribution >= 4 is 5.97 Å². The van der Waals surface area contributed by atoms with Gasteiger partial charge in [0.25, 0.3) is 0 Å². The average Bonchev–Trinajstić information content (AvgIpc) is 2.79. The van der Waals surface area contributed by atoms with Gasteiger partial charge in [-0.15, -0.1) is 0 Å². The van der Waals surface area contributed by atoms with Gasteiger partial charge in [-0.25, -0.2) is 4.98 Å². The number of nitrogens with one attached hydrogen (secondary N) is 1. The number of carbonyl (C=O) groups excluding carboxylic acids is 1. The molecule has 2 atom stereocenters. The summed E-state index contributed by atoms with van der Waals surface area (Å²) in [4.78, 5) is 16.2. The number of hydrogen-bond acceptors (Lipinski definition) is 4. The highest BCUT2D eigenvalue weighted by molar-refractivity contribution is 5.71. The van der Waals surface area contributed by atoms with Crippen LogP contribution < -0.4 is 0 Å². The summed E-state index contributed by atoms with van der Waals surface area (Å²) >= 11 is 0. The molecule has 0 aliphatic heterocycles. The van der Waals surface area contributed by atoms with Gasteiger partial charge in [0.15, 0.2) is 5.82 Å². The van der Waals surface area contributed by atoms with Crippen molar-refractivity contribution in [1.29, 1.82) is 0 Å². The van der Waals surface area contributed by atoms with Gasteiger partial charge in [0.1, 0.15) is 18.3 Å². The largest absolute Gasteiger partial charge is 0.461 e. The molecule has 0 saturated heterocycles. The number of aryl methyl sites for hydroxylation is 1. The van der Waals surface area contributed by atoms with Crippen LogP contribution >= 0.6 is 0 Å². The fourth-order valence-electron chi connectivity index (χ4n) is 3.33. The first-order valence-electron chi connectivity index (χ1n) is 7.57. The van der Waals surface area contributed by atoms with Crippen molar-refractivity contribution in [2.75, 3.05) is 0 Å². The molecule has 1 aliphatic rings. The van der Waals surface area contributed by atoms with Crippen LogP contribution in [0.25, 0.3) is 0 Å². The molecule has 0 radical (unpaired) electrons. The SMILES string of the molecule is CCC1CC(C)C(OC(=O)Cc2n[nH]c(C)n2)C(C)C1. The summed E-state index contributed by atoms with van der Waals surface area (Å²) in [6.45, 7) is 8.43. The molecule has 1 aliphatic carbocycles. The zero-order valence-corrected chi connectivity index (χ0v) is 12.8. The number of esters is 1. The van der Waals surface area contributed by atoms with Gasteiger partial charge in [-0.05, 0) is 37.5 Å². The van der Waals surface area contributed by atoms with Crippen molar-refractivity contribution in [2.45, 2.75) is 59.5 Å². The van der Waals surface area contributed by atoms with Crippen LogP contribution in [0.4, 0.5) is 0 Å². The smallest absolute Gasteiger partial charge is 0.313 e. The van der Waals surface area contributed by atoms with Crippen molar-refractivity contribution < 1.29 is 9.53 Å². The van der Waals surface area contributed by atoms with Crippen LogP contribution in [0.3, 0.4) is 0 Å². The molecule has 1 fully saturated rings. The highest BCUT2D eigenvalue weighted by Gasteiger charge is 2.35. The Morgan fingerprint density at radius 2 is 2.00 bits per heavy atom. The van der Waals surface area contributed by atoms with E-state index in [0.717, 1.165) is 24.6 Å². The second-order valence-corrected chi connectivity index (χ2v) is 6.17. The molecule has 20 heavy (non-hydrogen) atoms. The van der Waals surface area contributed by atoms with Crippen molar-refractivity contribution in [3.63, 3.8) is 0 Å². The fourth-order valence-corrected chi connectivity index (χ4v) is 3.33. The molecule has 1 heterocycles. The summed E-state index contributed by atoms with van der Waals surface area (Å²) in [5.74, 6) is 2.64. The number of ether oxygens (including phenoxy) is 1. The van der Waals surface area contributed by atoms with Gasteiger partial charge in [0.2, 0.25) is 0 Å². The molecule has 0 bridgehead atoms. The Labute approximate surface area is 120 Å². The molecule has 2 rings (SSSR count). The summed E-state index contributed by atoms with van der Waals surface area (Å²) in [6.07, 6.45) is 3.70. The standard InChI is InChI=1S/C15H25N3O2/c1-5-12-6-9(2)15(10(3)7-12)20-14(19)8-13-16-11(4)17-18-13/h9-10,12,15H,5-8H2,1-4H3,(H,16,17,18). The maximum Gasteiger partial charge on any atom is 0.313 e. The first-order valence-corrected chi connectivity index (χ1v) is 7.57. The number of rotatable bonds is 4. The number of aromatic amines is 1. The average molecular weight is 279 g/mol. The fraction of sp³-hybridized carbons (Fsp3) is 0.800. The van der Waals surface area contributed by atoms with Gasteiger partial charge in [-0.1, -0.05) is 27.2 Å². The van der Waals surface area contributed by atoms with E-state index in [1.54, 1.807) is 0 Å². The Hall–Kier alpha value is -1.39. The predicted molar refractivity (Wildman–Crippen MR) is 76.0 cm³/mol. The first-order chi connectivity index (χ1) is 9.49. The van der Waals surface area contributed by atoms with Crippen molar-refractivity contribution in [3.05, 3.63) is 11.6 Å². The number of hydrogen-bond donors (Lipinski definition) is 1. The van der Waals surface area contributed by atoms with E-state index in [9.17, 15) is 4.79 Å². The molecule has 5 heteroatoms. The molecule has 1 N–H and O–H groups in total. The first kappa shape index (κ1) is 15.0. The molecule has 2 unspecified atom stereocenters. The number of carbonyl (C=O) groups is 1. The highest BCUT2D eigenvalue weighted by Crippen LogP contribution is 2.36. The number of H-pyrrole nitrogens is 1. The Bertz CT molecular complexity index is 446. The monoisotopic (exact) mass is 279 g/mol. The van der Waals surface area contributed by atoms with E-state index in [1.165, 1.54) is 6.42 Å². The van der Waals surface area contributed by atoms with Crippen LogP contribution in [0.1, 0.15) is 51.7 Å². The molecule has 0 amide bonds. The van der Waals surface area contributed by atoms with Gasteiger partial charge in [-0.2, -0.15) is 5.10 Å². The lowest BCUT2D eigenvalue weighted by molar-refractivity contribution is -0.157. The van der Waals surface area contributed by atoms with E-state index >= 15 is 0 Å². The Kier molecular flexibility index (Phi) is 4.78. The lowest BCUT2D eigenvalue weighted by Crippen LogP contribution is -2.38. The Morgan fingerprint density at radius 3 is 2.50 bits per heavy atom. The van der Waals surface area contributed by atoms with Crippen LogP contribution in [0.2, 0.25) is 0 Å². The number of nitrogens with zero attached hydrogens (tertiary/aromatic N) is 2. The molecule has 112 valence electrons. The Morgan fingerprint density at radius 1 is 1.35 bits per heavy atom. The van der Waals surface area contributed by atoms with E-state index in [4.69, 9.17) is 4.74 Å². The summed E-state index contributed by atoms with van der Waals surface area (Å²) in [7, 11) is 0. The minimum Gasteiger partial charge on any atom is -0.461 e. The van der Waals surface area contributed by atoms with E-state index in [1.807, 2.05) is 6.92 Å². The summed E-state index contributed by atoms with van der Waals surface area (Å²) in [5.41, 5.74) is 0. The van der Waals surface area contributed by atoms with Gasteiger partial charge in [-0.3, -0.25) is 9.89 Å². The topological polar surface area (TPSA) is 67.9 Å². The number of aromatic nitrogens is 3. The molecule has 1 saturated carbocycles. The van der Waals surface area contributed by atoms with Crippen LogP contribution in [-0.2, 0) is 16.0 Å². The van der Waals surface area contributed by atoms with E-state index in [0.29, 0.717) is 17.7 Å². The third-order valence-corrected chi connectivity index (χ3v) is 4.32. The molecule has 1 aromatic rings. The summed E-state index contributed by atoms with van der Waals surface area (Å²) in [6, 6.07) is 0. The second-order valence-electron chi connectivity index (χ2n) is 6.17. The zero-order valence-electron chi connectivity index (χ0n) is 12.8. The van der Waals surface area contributed by atoms with Crippen molar-refractivity contribution in [1.82, 2.24) is 15.2 Å². The van der Waals surface area contributed by atoms with Gasteiger partial charge in [0, 0.05) is 0 Å². The molecule has 0 aromatic carbocycles. The second kappa shape index (κ2) is 6.37. The maximum absolute atomic E-state index is 12.0. The van der Waals surface area contributed by atoms with Crippen LogP contribution in [-0.4, -0.2) is 27.3 Å². The minimum atomic E-state index is -0.220. The molecule has 5 nitrogen and oxygen atoms in total. The van der Waals surface area contributed by atoms with Gasteiger partial charge >= 0.3 is 5.97 Å². The van der Waals surface area contributed by atoms with E-state index in [2.05, 4.69) is 36.0 Å². The molecule has 1 aromatic heterocycles. The van der Waals surface area contributed by atoms with Crippen molar-refractivity contribution in [2.24, 2.45) is 17.8 Å². The third kappa shape index (κ3) is 3.58. The third-order valence-electron chi connectivity index (χ3n) is 4.32. The maximum atomic E-state index is 12.0. The highest BCUT2D eigenvalue weighted by atomic mass is 16.5. The van der Waals surface area contributed by atoms with Crippen LogP contribution in [0.15, 0.2) is 0 Å². The van der Waals surface area contributed by atoms with E-state index < -0.39 is 0 Å². The Balaban J connectivity index is 1.90. The zero-order chi connectivity index (χ0) is 14.7. The van der Waals surface area contributed by atoms with Gasteiger partial charge < -0.3 is 4.74 Å². The predicted octanol–water partition coefficient (Wildman–Crippen LogP) is 2.66.